The molecule has 0 fully saturated rings. The average molecular weight is 721 g/mol. The Morgan fingerprint density at radius 2 is 1.33 bits per heavy atom. The predicted octanol–water partition coefficient (Wildman–Crippen LogP) is 9.84. The molecule has 2 heterocycles. The summed E-state index contributed by atoms with van der Waals surface area (Å²) < 4.78 is 9.96. The number of carbonyl (C=O) groups is 1. The number of hydrogen-bond donors (Lipinski definition) is 0. The largest absolute Gasteiger partial charge is 0.487 e. The van der Waals surface area contributed by atoms with Crippen LogP contribution in [0.4, 0.5) is 5.69 Å². The first-order valence-corrected chi connectivity index (χ1v) is 17.5. The number of nitro benzene ring substituents is 1. The van der Waals surface area contributed by atoms with Gasteiger partial charge >= 0.3 is 0 Å². The maximum atomic E-state index is 12.7. The van der Waals surface area contributed by atoms with Crippen molar-refractivity contribution >= 4 is 17.5 Å². The first kappa shape index (κ1) is 34.4. The number of hydrogen-bond acceptors (Lipinski definition) is 7. The SMILES string of the molecule is O=C(C=Cc1ccc([N+](=O)[O-])cc1)c1ccc(-n2cc(COc3ccc(-c4nc(-c5ccccc5)c(-c5ccccc5)n4-c4ccccc4)cc3)nn2)cc1. The van der Waals surface area contributed by atoms with Gasteiger partial charge in [0.15, 0.2) is 5.78 Å². The Kier molecular flexibility index (Phi) is 9.68. The number of para-hydroxylation sites is 1. The van der Waals surface area contributed by atoms with Gasteiger partial charge in [-0.3, -0.25) is 19.5 Å². The summed E-state index contributed by atoms with van der Waals surface area (Å²) in [5.41, 5.74) is 8.49. The molecular formula is C45H32N6O4. The molecule has 10 heteroatoms. The fraction of sp³-hybridized carbons (Fsp3) is 0.0222. The Hall–Kier alpha value is -7.72. The zero-order valence-electron chi connectivity index (χ0n) is 29.3. The molecule has 0 aliphatic rings. The van der Waals surface area contributed by atoms with E-state index in [4.69, 9.17) is 9.72 Å². The lowest BCUT2D eigenvalue weighted by molar-refractivity contribution is -0.384. The Labute approximate surface area is 316 Å². The average Bonchev–Trinajstić information content (AvgIpc) is 3.89. The molecule has 0 radical (unpaired) electrons. The highest BCUT2D eigenvalue weighted by Crippen LogP contribution is 2.38. The van der Waals surface area contributed by atoms with Crippen molar-refractivity contribution in [3.63, 3.8) is 0 Å². The number of rotatable bonds is 12. The van der Waals surface area contributed by atoms with Crippen LogP contribution in [0.2, 0.25) is 0 Å². The molecule has 55 heavy (non-hydrogen) atoms. The third-order valence-electron chi connectivity index (χ3n) is 8.97. The van der Waals surface area contributed by atoms with Crippen molar-refractivity contribution in [2.45, 2.75) is 6.61 Å². The summed E-state index contributed by atoms with van der Waals surface area (Å²) in [6, 6.07) is 51.7. The van der Waals surface area contributed by atoms with Crippen molar-refractivity contribution in [1.82, 2.24) is 24.5 Å². The molecule has 0 aliphatic carbocycles. The van der Waals surface area contributed by atoms with Crippen LogP contribution in [-0.2, 0) is 6.61 Å². The molecule has 8 rings (SSSR count). The van der Waals surface area contributed by atoms with Gasteiger partial charge in [-0.25, -0.2) is 9.67 Å². The standard InChI is InChI=1S/C45H32N6O4/c52-42(29-18-32-16-23-40(24-17-32)51(53)54)33-19-25-38(26-20-33)49-30-37(47-48-49)31-55-41-27-21-36(22-28-41)45-46-43(34-10-4-1-5-11-34)44(35-12-6-2-7-13-35)50(45)39-14-8-3-9-15-39/h1-30H,31H2. The van der Waals surface area contributed by atoms with Gasteiger partial charge in [-0.15, -0.1) is 5.10 Å². The summed E-state index contributed by atoms with van der Waals surface area (Å²) in [7, 11) is 0. The van der Waals surface area contributed by atoms with E-state index < -0.39 is 4.92 Å². The third-order valence-corrected chi connectivity index (χ3v) is 8.97. The van der Waals surface area contributed by atoms with Gasteiger partial charge in [0, 0.05) is 40.1 Å². The number of imidazole rings is 1. The second-order valence-corrected chi connectivity index (χ2v) is 12.6. The fourth-order valence-corrected chi connectivity index (χ4v) is 6.20. The predicted molar refractivity (Wildman–Crippen MR) is 212 cm³/mol. The van der Waals surface area contributed by atoms with Gasteiger partial charge in [-0.1, -0.05) is 90.2 Å². The lowest BCUT2D eigenvalue weighted by Gasteiger charge is -2.14. The van der Waals surface area contributed by atoms with Crippen LogP contribution in [0.5, 0.6) is 5.75 Å². The molecule has 266 valence electrons. The molecule has 0 spiro atoms. The van der Waals surface area contributed by atoms with E-state index in [9.17, 15) is 14.9 Å². The maximum absolute atomic E-state index is 12.7. The van der Waals surface area contributed by atoms with Crippen LogP contribution < -0.4 is 4.74 Å². The number of benzene rings is 6. The molecule has 6 aromatic carbocycles. The Morgan fingerprint density at radius 3 is 1.98 bits per heavy atom. The van der Waals surface area contributed by atoms with E-state index in [1.165, 1.54) is 18.2 Å². The van der Waals surface area contributed by atoms with Gasteiger partial charge in [0.1, 0.15) is 23.9 Å². The van der Waals surface area contributed by atoms with E-state index in [0.29, 0.717) is 22.6 Å². The van der Waals surface area contributed by atoms with Gasteiger partial charge in [0.05, 0.1) is 28.2 Å². The van der Waals surface area contributed by atoms with Crippen molar-refractivity contribution in [3.8, 4) is 51.0 Å². The van der Waals surface area contributed by atoms with Crippen LogP contribution in [0.3, 0.4) is 0 Å². The lowest BCUT2D eigenvalue weighted by atomic mass is 10.0. The number of carbonyl (C=O) groups excluding carboxylic acids is 1. The van der Waals surface area contributed by atoms with Crippen LogP contribution in [0, 0.1) is 10.1 Å². The first-order valence-electron chi connectivity index (χ1n) is 17.5. The van der Waals surface area contributed by atoms with E-state index in [-0.39, 0.29) is 18.1 Å². The molecule has 0 saturated carbocycles. The smallest absolute Gasteiger partial charge is 0.269 e. The molecule has 0 saturated heterocycles. The molecule has 0 bridgehead atoms. The van der Waals surface area contributed by atoms with Crippen molar-refractivity contribution in [2.24, 2.45) is 0 Å². The van der Waals surface area contributed by atoms with Crippen molar-refractivity contribution in [1.29, 1.82) is 0 Å². The highest BCUT2D eigenvalue weighted by molar-refractivity contribution is 6.06. The summed E-state index contributed by atoms with van der Waals surface area (Å²) in [4.78, 5) is 28.4. The maximum Gasteiger partial charge on any atom is 0.269 e. The van der Waals surface area contributed by atoms with Gasteiger partial charge < -0.3 is 4.74 Å². The fourth-order valence-electron chi connectivity index (χ4n) is 6.20. The second-order valence-electron chi connectivity index (χ2n) is 12.6. The number of non-ortho nitro benzene ring substituents is 1. The van der Waals surface area contributed by atoms with Crippen molar-refractivity contribution in [2.75, 3.05) is 0 Å². The van der Waals surface area contributed by atoms with Crippen LogP contribution in [0.1, 0.15) is 21.6 Å². The Morgan fingerprint density at radius 1 is 0.691 bits per heavy atom. The molecule has 0 amide bonds. The van der Waals surface area contributed by atoms with Gasteiger partial charge in [-0.05, 0) is 84.4 Å². The quantitative estimate of drug-likeness (QED) is 0.0534. The van der Waals surface area contributed by atoms with Crippen LogP contribution >= 0.6 is 0 Å². The molecule has 2 aromatic heterocycles. The zero-order valence-corrected chi connectivity index (χ0v) is 29.3. The molecule has 10 nitrogen and oxygen atoms in total. The number of ketones is 1. The minimum absolute atomic E-state index is 0.00390. The van der Waals surface area contributed by atoms with Crippen molar-refractivity contribution < 1.29 is 14.5 Å². The third kappa shape index (κ3) is 7.60. The molecule has 0 atom stereocenters. The number of ether oxygens (including phenoxy) is 1. The summed E-state index contributed by atoms with van der Waals surface area (Å²) in [5.74, 6) is 1.29. The van der Waals surface area contributed by atoms with Gasteiger partial charge in [-0.2, -0.15) is 0 Å². The minimum atomic E-state index is -0.461. The molecule has 0 aliphatic heterocycles. The van der Waals surface area contributed by atoms with E-state index in [0.717, 1.165) is 45.3 Å². The molecular weight excluding hydrogens is 689 g/mol. The topological polar surface area (TPSA) is 118 Å². The number of nitrogens with zero attached hydrogens (tertiary/aromatic N) is 6. The van der Waals surface area contributed by atoms with Gasteiger partial charge in [0.25, 0.3) is 5.69 Å². The normalized spacial score (nSPS) is 11.1. The highest BCUT2D eigenvalue weighted by Gasteiger charge is 2.22. The summed E-state index contributed by atoms with van der Waals surface area (Å²) in [5, 5.41) is 19.4. The van der Waals surface area contributed by atoms with Gasteiger partial charge in [0.2, 0.25) is 0 Å². The first-order chi connectivity index (χ1) is 27.0. The number of nitro groups is 1. The number of aromatic nitrogens is 5. The molecule has 8 aromatic rings. The monoisotopic (exact) mass is 720 g/mol. The van der Waals surface area contributed by atoms with E-state index >= 15 is 0 Å². The molecule has 0 unspecified atom stereocenters. The number of allylic oxidation sites excluding steroid dienone is 1. The van der Waals surface area contributed by atoms with E-state index in [2.05, 4.69) is 51.3 Å². The van der Waals surface area contributed by atoms with Crippen LogP contribution in [0.25, 0.3) is 51.4 Å². The van der Waals surface area contributed by atoms with E-state index in [1.54, 1.807) is 53.4 Å². The zero-order chi connectivity index (χ0) is 37.6. The summed E-state index contributed by atoms with van der Waals surface area (Å²) >= 11 is 0. The lowest BCUT2D eigenvalue weighted by Crippen LogP contribution is -2.00. The van der Waals surface area contributed by atoms with E-state index in [1.807, 2.05) is 78.9 Å². The Balaban J connectivity index is 0.977. The molecule has 0 N–H and O–H groups in total. The second kappa shape index (κ2) is 15.5. The summed E-state index contributed by atoms with van der Waals surface area (Å²) in [6.07, 6.45) is 4.85. The van der Waals surface area contributed by atoms with Crippen LogP contribution in [-0.4, -0.2) is 35.3 Å². The minimum Gasteiger partial charge on any atom is -0.487 e. The van der Waals surface area contributed by atoms with Crippen LogP contribution in [0.15, 0.2) is 176 Å². The summed E-state index contributed by atoms with van der Waals surface area (Å²) in [6.45, 7) is 0.207. The van der Waals surface area contributed by atoms with Crippen molar-refractivity contribution in [3.05, 3.63) is 203 Å². The Bertz CT molecular complexity index is 2600. The highest BCUT2D eigenvalue weighted by atomic mass is 16.6.